The van der Waals surface area contributed by atoms with Gasteiger partial charge in [0.1, 0.15) is 0 Å². The summed E-state index contributed by atoms with van der Waals surface area (Å²) in [6.07, 6.45) is -1.80. The van der Waals surface area contributed by atoms with Crippen LogP contribution in [0.3, 0.4) is 0 Å². The van der Waals surface area contributed by atoms with Gasteiger partial charge in [-0.15, -0.1) is 0 Å². The highest BCUT2D eigenvalue weighted by molar-refractivity contribution is 7.92. The molecule has 36 heavy (non-hydrogen) atoms. The van der Waals surface area contributed by atoms with Crippen molar-refractivity contribution in [2.45, 2.75) is 17.6 Å². The van der Waals surface area contributed by atoms with Crippen molar-refractivity contribution in [3.05, 3.63) is 102 Å². The van der Waals surface area contributed by atoms with E-state index in [0.29, 0.717) is 16.8 Å². The smallest absolute Gasteiger partial charge is 0.394 e. The minimum absolute atomic E-state index is 0.0542. The summed E-state index contributed by atoms with van der Waals surface area (Å²) in [6, 6.07) is 18.9. The first kappa shape index (κ1) is 27.0. The highest BCUT2D eigenvalue weighted by Gasteiger charge is 2.30. The second kappa shape index (κ2) is 11.4. The molecule has 1 N–H and O–H groups in total. The van der Waals surface area contributed by atoms with Crippen LogP contribution >= 0.6 is 0 Å². The monoisotopic (exact) mass is 518 g/mol. The molecule has 0 aliphatic carbocycles. The Hall–Kier alpha value is -3.63. The van der Waals surface area contributed by atoms with Crippen molar-refractivity contribution in [1.82, 2.24) is 4.90 Å². The molecule has 0 atom stereocenters. The highest BCUT2D eigenvalue weighted by atomic mass is 32.2. The number of hydrogen-bond donors (Lipinski definition) is 1. The number of amides is 1. The molecule has 3 rings (SSSR count). The van der Waals surface area contributed by atoms with Gasteiger partial charge in [0.15, 0.2) is 0 Å². The molecule has 0 spiro atoms. The highest BCUT2D eigenvalue weighted by Crippen LogP contribution is 2.30. The Labute approximate surface area is 208 Å². The standard InChI is InChI=1S/C26H25F3N2O4S/c1-30(25(33)16-13-20-11-14-22(15-12-20)26(27,28)29)19-21-7-5-6-10-24(21)31(17-18-32)36(34,35)23-8-3-2-4-9-23/h2-16,32H,17-19H2,1H3/b16-13+. The number of halogens is 3. The predicted octanol–water partition coefficient (Wildman–Crippen LogP) is 4.56. The number of likely N-dealkylation sites (N-methyl/N-ethyl adjacent to an activating group) is 1. The van der Waals surface area contributed by atoms with E-state index >= 15 is 0 Å². The number of rotatable bonds is 9. The summed E-state index contributed by atoms with van der Waals surface area (Å²) in [5.74, 6) is -0.427. The molecule has 1 amide bonds. The quantitative estimate of drug-likeness (QED) is 0.421. The second-order valence-electron chi connectivity index (χ2n) is 7.89. The Balaban J connectivity index is 1.81. The van der Waals surface area contributed by atoms with Gasteiger partial charge < -0.3 is 10.0 Å². The molecule has 0 radical (unpaired) electrons. The Morgan fingerprint density at radius 1 is 0.944 bits per heavy atom. The van der Waals surface area contributed by atoms with E-state index in [0.717, 1.165) is 16.4 Å². The molecule has 0 aromatic heterocycles. The third-order valence-corrected chi connectivity index (χ3v) is 7.16. The van der Waals surface area contributed by atoms with E-state index in [2.05, 4.69) is 0 Å². The number of alkyl halides is 3. The molecule has 0 saturated carbocycles. The summed E-state index contributed by atoms with van der Waals surface area (Å²) in [5.41, 5.74) is 0.497. The van der Waals surface area contributed by atoms with Crippen LogP contribution in [-0.2, 0) is 27.5 Å². The van der Waals surface area contributed by atoms with Crippen LogP contribution in [0.1, 0.15) is 16.7 Å². The maximum atomic E-state index is 13.3. The minimum Gasteiger partial charge on any atom is -0.394 e. The van der Waals surface area contributed by atoms with E-state index in [1.165, 1.54) is 48.4 Å². The van der Waals surface area contributed by atoms with Crippen LogP contribution in [0.25, 0.3) is 6.08 Å². The zero-order valence-corrected chi connectivity index (χ0v) is 20.2. The molecule has 3 aromatic rings. The van der Waals surface area contributed by atoms with Gasteiger partial charge in [-0.05, 0) is 47.5 Å². The topological polar surface area (TPSA) is 77.9 Å². The van der Waals surface area contributed by atoms with Crippen molar-refractivity contribution in [3.8, 4) is 0 Å². The number of carbonyl (C=O) groups excluding carboxylic acids is 1. The van der Waals surface area contributed by atoms with Gasteiger partial charge in [-0.25, -0.2) is 8.42 Å². The van der Waals surface area contributed by atoms with Crippen molar-refractivity contribution in [1.29, 1.82) is 0 Å². The summed E-state index contributed by atoms with van der Waals surface area (Å²) >= 11 is 0. The predicted molar refractivity (Wildman–Crippen MR) is 131 cm³/mol. The van der Waals surface area contributed by atoms with Gasteiger partial charge in [-0.3, -0.25) is 9.10 Å². The van der Waals surface area contributed by atoms with Crippen molar-refractivity contribution in [2.24, 2.45) is 0 Å². The van der Waals surface area contributed by atoms with Crippen LogP contribution in [0.15, 0.2) is 89.8 Å². The summed E-state index contributed by atoms with van der Waals surface area (Å²) in [7, 11) is -2.45. The summed E-state index contributed by atoms with van der Waals surface area (Å²) in [4.78, 5) is 14.1. The van der Waals surface area contributed by atoms with Crippen molar-refractivity contribution < 1.29 is 31.5 Å². The number of hydrogen-bond acceptors (Lipinski definition) is 4. The number of nitrogens with zero attached hydrogens (tertiary/aromatic N) is 2. The lowest BCUT2D eigenvalue weighted by molar-refractivity contribution is -0.137. The van der Waals surface area contributed by atoms with Crippen LogP contribution < -0.4 is 4.31 Å². The Morgan fingerprint density at radius 2 is 1.56 bits per heavy atom. The Bertz CT molecular complexity index is 1310. The molecule has 0 saturated heterocycles. The third-order valence-electron chi connectivity index (χ3n) is 5.33. The number of anilines is 1. The summed E-state index contributed by atoms with van der Waals surface area (Å²) in [5, 5.41) is 9.57. The number of carbonyl (C=O) groups is 1. The first-order valence-electron chi connectivity index (χ1n) is 10.9. The van der Waals surface area contributed by atoms with Gasteiger partial charge in [0.05, 0.1) is 29.3 Å². The molecule has 0 aliphatic rings. The number of aliphatic hydroxyl groups excluding tert-OH is 1. The average molecular weight is 519 g/mol. The average Bonchev–Trinajstić information content (AvgIpc) is 2.86. The summed E-state index contributed by atoms with van der Waals surface area (Å²) < 4.78 is 65.9. The fourth-order valence-electron chi connectivity index (χ4n) is 3.48. The molecule has 190 valence electrons. The van der Waals surface area contributed by atoms with Crippen LogP contribution in [0.2, 0.25) is 0 Å². The molecule has 0 heterocycles. The molecule has 10 heteroatoms. The van der Waals surface area contributed by atoms with E-state index in [1.54, 1.807) is 42.5 Å². The van der Waals surface area contributed by atoms with Crippen LogP contribution in [-0.4, -0.2) is 44.5 Å². The fourth-order valence-corrected chi connectivity index (χ4v) is 4.99. The van der Waals surface area contributed by atoms with Crippen LogP contribution in [0.5, 0.6) is 0 Å². The first-order valence-corrected chi connectivity index (χ1v) is 12.3. The van der Waals surface area contributed by atoms with Gasteiger partial charge in [0.2, 0.25) is 5.91 Å². The third kappa shape index (κ3) is 6.52. The maximum absolute atomic E-state index is 13.3. The van der Waals surface area contributed by atoms with Gasteiger partial charge in [-0.1, -0.05) is 48.5 Å². The lowest BCUT2D eigenvalue weighted by atomic mass is 10.1. The van der Waals surface area contributed by atoms with Gasteiger partial charge in [-0.2, -0.15) is 13.2 Å². The Kier molecular flexibility index (Phi) is 8.54. The second-order valence-corrected chi connectivity index (χ2v) is 9.75. The van der Waals surface area contributed by atoms with Crippen molar-refractivity contribution >= 4 is 27.7 Å². The SMILES string of the molecule is CN(Cc1ccccc1N(CCO)S(=O)(=O)c1ccccc1)C(=O)/C=C/c1ccc(C(F)(F)F)cc1. The van der Waals surface area contributed by atoms with Crippen LogP contribution in [0, 0.1) is 0 Å². The van der Waals surface area contributed by atoms with Gasteiger partial charge in [0, 0.05) is 19.7 Å². The number of sulfonamides is 1. The molecular formula is C26H25F3N2O4S. The van der Waals surface area contributed by atoms with Crippen LogP contribution in [0.4, 0.5) is 18.9 Å². The molecular weight excluding hydrogens is 493 g/mol. The molecule has 0 bridgehead atoms. The first-order chi connectivity index (χ1) is 17.0. The lowest BCUT2D eigenvalue weighted by Crippen LogP contribution is -2.35. The fraction of sp³-hybridized carbons (Fsp3) is 0.192. The lowest BCUT2D eigenvalue weighted by Gasteiger charge is -2.27. The minimum atomic E-state index is -4.44. The molecule has 0 unspecified atom stereocenters. The van der Waals surface area contributed by atoms with E-state index < -0.39 is 34.3 Å². The molecule has 0 aliphatic heterocycles. The maximum Gasteiger partial charge on any atom is 0.416 e. The molecule has 0 fully saturated rings. The van der Waals surface area contributed by atoms with Gasteiger partial charge in [0.25, 0.3) is 10.0 Å². The van der Waals surface area contributed by atoms with Crippen molar-refractivity contribution in [3.63, 3.8) is 0 Å². The zero-order chi connectivity index (χ0) is 26.3. The van der Waals surface area contributed by atoms with Crippen molar-refractivity contribution in [2.75, 3.05) is 24.5 Å². The summed E-state index contributed by atoms with van der Waals surface area (Å²) in [6.45, 7) is -0.538. The van der Waals surface area contributed by atoms with E-state index in [4.69, 9.17) is 0 Å². The van der Waals surface area contributed by atoms with Gasteiger partial charge >= 0.3 is 6.18 Å². The van der Waals surface area contributed by atoms with E-state index in [-0.39, 0.29) is 18.0 Å². The number of benzene rings is 3. The molecule has 6 nitrogen and oxygen atoms in total. The zero-order valence-electron chi connectivity index (χ0n) is 19.4. The van der Waals surface area contributed by atoms with E-state index in [9.17, 15) is 31.5 Å². The normalized spacial score (nSPS) is 12.0. The Morgan fingerprint density at radius 3 is 2.17 bits per heavy atom. The number of aliphatic hydroxyl groups is 1. The van der Waals surface area contributed by atoms with E-state index in [1.807, 2.05) is 0 Å². The molecule has 3 aromatic carbocycles. The largest absolute Gasteiger partial charge is 0.416 e. The number of para-hydroxylation sites is 1.